The van der Waals surface area contributed by atoms with E-state index in [0.717, 1.165) is 31.8 Å². The van der Waals surface area contributed by atoms with E-state index in [9.17, 15) is 15.0 Å². The smallest absolute Gasteiger partial charge is 0.332 e. The summed E-state index contributed by atoms with van der Waals surface area (Å²) in [6, 6.07) is 0. The predicted octanol–water partition coefficient (Wildman–Crippen LogP) is 1.76. The first-order chi connectivity index (χ1) is 7.60. The first-order valence-corrected chi connectivity index (χ1v) is 5.79. The van der Waals surface area contributed by atoms with Gasteiger partial charge in [0.1, 0.15) is 0 Å². The van der Waals surface area contributed by atoms with Crippen LogP contribution in [0.25, 0.3) is 0 Å². The molecule has 2 N–H and O–H groups in total. The number of hydrogen-bond acceptors (Lipinski definition) is 4. The fourth-order valence-electron chi connectivity index (χ4n) is 1.35. The lowest BCUT2D eigenvalue weighted by Gasteiger charge is -2.13. The van der Waals surface area contributed by atoms with E-state index in [0.29, 0.717) is 6.42 Å². The van der Waals surface area contributed by atoms with Crippen molar-refractivity contribution in [2.45, 2.75) is 57.8 Å². The molecule has 16 heavy (non-hydrogen) atoms. The summed E-state index contributed by atoms with van der Waals surface area (Å²) in [5, 5.41) is 18.8. The molecule has 94 valence electrons. The van der Waals surface area contributed by atoms with Gasteiger partial charge in [-0.2, -0.15) is 0 Å². The molecular formula is C12H22O4. The maximum absolute atomic E-state index is 10.7. The molecule has 0 radical (unpaired) electrons. The highest BCUT2D eigenvalue weighted by Gasteiger charge is 2.11. The molecule has 0 aromatic rings. The molecule has 0 saturated carbocycles. The van der Waals surface area contributed by atoms with Gasteiger partial charge in [-0.3, -0.25) is 0 Å². The van der Waals surface area contributed by atoms with Crippen LogP contribution in [0.15, 0.2) is 12.7 Å². The van der Waals surface area contributed by atoms with E-state index in [2.05, 4.69) is 18.2 Å². The fraction of sp³-hybridized carbons (Fsp3) is 0.750. The van der Waals surface area contributed by atoms with E-state index in [-0.39, 0.29) is 6.42 Å². The van der Waals surface area contributed by atoms with Gasteiger partial charge in [0, 0.05) is 12.5 Å². The monoisotopic (exact) mass is 230 g/mol. The molecule has 0 aliphatic carbocycles. The highest BCUT2D eigenvalue weighted by atomic mass is 16.6. The van der Waals surface area contributed by atoms with Crippen LogP contribution in [0.1, 0.15) is 45.4 Å². The van der Waals surface area contributed by atoms with Gasteiger partial charge in [-0.15, -0.1) is 0 Å². The number of aliphatic hydroxyl groups is 2. The van der Waals surface area contributed by atoms with Gasteiger partial charge in [-0.25, -0.2) is 4.79 Å². The normalized spacial score (nSPS) is 14.2. The number of rotatable bonds is 9. The summed E-state index contributed by atoms with van der Waals surface area (Å²) in [6.07, 6.45) is 4.06. The molecule has 0 aromatic carbocycles. The average molecular weight is 230 g/mol. The Morgan fingerprint density at radius 1 is 1.31 bits per heavy atom. The van der Waals surface area contributed by atoms with Crippen LogP contribution >= 0.6 is 0 Å². The van der Waals surface area contributed by atoms with Crippen molar-refractivity contribution < 1.29 is 19.7 Å². The van der Waals surface area contributed by atoms with Crippen molar-refractivity contribution in [1.29, 1.82) is 0 Å². The van der Waals surface area contributed by atoms with Crippen LogP contribution in [0, 0.1) is 0 Å². The second-order valence-corrected chi connectivity index (χ2v) is 3.82. The summed E-state index contributed by atoms with van der Waals surface area (Å²) < 4.78 is 4.56. The number of unbranched alkanes of at least 4 members (excludes halogenated alkanes) is 2. The maximum Gasteiger partial charge on any atom is 0.332 e. The highest BCUT2D eigenvalue weighted by Crippen LogP contribution is 2.10. The Morgan fingerprint density at radius 3 is 2.56 bits per heavy atom. The molecule has 0 bridgehead atoms. The Kier molecular flexibility index (Phi) is 8.85. The Balaban J connectivity index is 3.54. The second kappa shape index (κ2) is 9.36. The number of esters is 1. The molecule has 0 amide bonds. The second-order valence-electron chi connectivity index (χ2n) is 3.82. The predicted molar refractivity (Wildman–Crippen MR) is 61.7 cm³/mol. The van der Waals surface area contributed by atoms with E-state index in [1.54, 1.807) is 0 Å². The maximum atomic E-state index is 10.7. The molecule has 0 fully saturated rings. The third kappa shape index (κ3) is 8.44. The van der Waals surface area contributed by atoms with Crippen molar-refractivity contribution in [3.05, 3.63) is 12.7 Å². The summed E-state index contributed by atoms with van der Waals surface area (Å²) in [6.45, 7) is 5.33. The minimum Gasteiger partial charge on any atom is -0.433 e. The third-order valence-electron chi connectivity index (χ3n) is 2.31. The number of ether oxygens (including phenoxy) is 1. The Hall–Kier alpha value is -0.870. The zero-order valence-corrected chi connectivity index (χ0v) is 9.89. The van der Waals surface area contributed by atoms with E-state index in [1.807, 2.05) is 0 Å². The lowest BCUT2D eigenvalue weighted by Crippen LogP contribution is -2.18. The molecule has 0 saturated heterocycles. The van der Waals surface area contributed by atoms with Crippen LogP contribution in [0.4, 0.5) is 0 Å². The van der Waals surface area contributed by atoms with Gasteiger partial charge in [0.05, 0.1) is 6.10 Å². The minimum absolute atomic E-state index is 0.257. The van der Waals surface area contributed by atoms with Crippen molar-refractivity contribution in [2.24, 2.45) is 0 Å². The van der Waals surface area contributed by atoms with E-state index < -0.39 is 18.4 Å². The largest absolute Gasteiger partial charge is 0.433 e. The van der Waals surface area contributed by atoms with Gasteiger partial charge in [0.15, 0.2) is 0 Å². The number of aliphatic hydroxyl groups excluding tert-OH is 2. The summed E-state index contributed by atoms with van der Waals surface area (Å²) in [7, 11) is 0. The average Bonchev–Trinajstić information content (AvgIpc) is 2.26. The topological polar surface area (TPSA) is 66.8 Å². The summed E-state index contributed by atoms with van der Waals surface area (Å²) >= 11 is 0. The zero-order valence-electron chi connectivity index (χ0n) is 9.89. The first-order valence-electron chi connectivity index (χ1n) is 5.79. The SMILES string of the molecule is C=CC(=O)OC(O)CCC(O)CCCCC. The van der Waals surface area contributed by atoms with Gasteiger partial charge >= 0.3 is 5.97 Å². The first kappa shape index (κ1) is 15.1. The molecule has 4 nitrogen and oxygen atoms in total. The molecule has 2 atom stereocenters. The van der Waals surface area contributed by atoms with Crippen LogP contribution < -0.4 is 0 Å². The van der Waals surface area contributed by atoms with Crippen LogP contribution in [-0.2, 0) is 9.53 Å². The number of carbonyl (C=O) groups is 1. The fourth-order valence-corrected chi connectivity index (χ4v) is 1.35. The lowest BCUT2D eigenvalue weighted by atomic mass is 10.1. The highest BCUT2D eigenvalue weighted by molar-refractivity contribution is 5.81. The standard InChI is InChI=1S/C12H22O4/c1-3-5-6-7-10(13)8-9-12(15)16-11(14)4-2/h4,10,12-13,15H,2-3,5-9H2,1H3. The molecule has 2 unspecified atom stereocenters. The van der Waals surface area contributed by atoms with Crippen molar-refractivity contribution in [3.63, 3.8) is 0 Å². The van der Waals surface area contributed by atoms with Gasteiger partial charge in [-0.05, 0) is 12.8 Å². The number of carbonyl (C=O) groups excluding carboxylic acids is 1. The molecule has 0 aliphatic heterocycles. The molecule has 0 rings (SSSR count). The minimum atomic E-state index is -1.15. The van der Waals surface area contributed by atoms with Crippen molar-refractivity contribution in [2.75, 3.05) is 0 Å². The Morgan fingerprint density at radius 2 is 2.00 bits per heavy atom. The summed E-state index contributed by atoms with van der Waals surface area (Å²) in [5.74, 6) is -0.645. The van der Waals surface area contributed by atoms with Gasteiger partial charge < -0.3 is 14.9 Å². The molecule has 0 aromatic heterocycles. The van der Waals surface area contributed by atoms with Gasteiger partial charge in [0.25, 0.3) is 0 Å². The van der Waals surface area contributed by atoms with Gasteiger partial charge in [0.2, 0.25) is 6.29 Å². The van der Waals surface area contributed by atoms with Crippen LogP contribution in [-0.4, -0.2) is 28.6 Å². The Labute approximate surface area is 96.9 Å². The lowest BCUT2D eigenvalue weighted by molar-refractivity contribution is -0.163. The molecule has 0 heterocycles. The Bertz CT molecular complexity index is 203. The molecule has 0 spiro atoms. The van der Waals surface area contributed by atoms with Crippen molar-refractivity contribution in [3.8, 4) is 0 Å². The van der Waals surface area contributed by atoms with Crippen LogP contribution in [0.3, 0.4) is 0 Å². The zero-order chi connectivity index (χ0) is 12.4. The summed E-state index contributed by atoms with van der Waals surface area (Å²) in [5.41, 5.74) is 0. The van der Waals surface area contributed by atoms with E-state index in [4.69, 9.17) is 0 Å². The molecule has 4 heteroatoms. The third-order valence-corrected chi connectivity index (χ3v) is 2.31. The van der Waals surface area contributed by atoms with Crippen LogP contribution in [0.5, 0.6) is 0 Å². The quantitative estimate of drug-likeness (QED) is 0.274. The molecule has 0 aliphatic rings. The summed E-state index contributed by atoms with van der Waals surface area (Å²) in [4.78, 5) is 10.7. The van der Waals surface area contributed by atoms with Crippen molar-refractivity contribution >= 4 is 5.97 Å². The van der Waals surface area contributed by atoms with E-state index in [1.165, 1.54) is 0 Å². The van der Waals surface area contributed by atoms with E-state index >= 15 is 0 Å². The van der Waals surface area contributed by atoms with Crippen molar-refractivity contribution in [1.82, 2.24) is 0 Å². The van der Waals surface area contributed by atoms with Gasteiger partial charge in [-0.1, -0.05) is 32.8 Å². The van der Waals surface area contributed by atoms with Crippen LogP contribution in [0.2, 0.25) is 0 Å². The molecular weight excluding hydrogens is 208 g/mol. The number of hydrogen-bond donors (Lipinski definition) is 2.